The van der Waals surface area contributed by atoms with Crippen LogP contribution in [0.2, 0.25) is 5.02 Å². The van der Waals surface area contributed by atoms with E-state index in [9.17, 15) is 9.50 Å². The van der Waals surface area contributed by atoms with E-state index in [1.54, 1.807) is 19.2 Å². The monoisotopic (exact) mass is 247 g/mol. The van der Waals surface area contributed by atoms with Crippen LogP contribution in [0, 0.1) is 5.82 Å². The van der Waals surface area contributed by atoms with Gasteiger partial charge in [0.1, 0.15) is 5.82 Å². The van der Waals surface area contributed by atoms with Gasteiger partial charge >= 0.3 is 0 Å². The van der Waals surface area contributed by atoms with E-state index in [0.717, 1.165) is 0 Å². The molecule has 0 saturated heterocycles. The van der Waals surface area contributed by atoms with Gasteiger partial charge < -0.3 is 15.2 Å². The van der Waals surface area contributed by atoms with Crippen molar-refractivity contribution in [1.29, 1.82) is 0 Å². The van der Waals surface area contributed by atoms with Crippen LogP contribution in [-0.4, -0.2) is 32.0 Å². The minimum atomic E-state index is -0.492. The third-order valence-corrected chi connectivity index (χ3v) is 2.53. The second-order valence-corrected chi connectivity index (χ2v) is 3.73. The SMILES string of the molecule is COCCNC(CO)c1cccc(Cl)c1F. The second kappa shape index (κ2) is 6.81. The van der Waals surface area contributed by atoms with E-state index in [1.807, 2.05) is 0 Å². The van der Waals surface area contributed by atoms with Gasteiger partial charge in [0, 0.05) is 19.2 Å². The summed E-state index contributed by atoms with van der Waals surface area (Å²) in [7, 11) is 1.58. The highest BCUT2D eigenvalue weighted by Gasteiger charge is 2.15. The number of benzene rings is 1. The molecular weight excluding hydrogens is 233 g/mol. The number of aliphatic hydroxyl groups excluding tert-OH is 1. The average molecular weight is 248 g/mol. The predicted molar refractivity (Wildman–Crippen MR) is 61.1 cm³/mol. The lowest BCUT2D eigenvalue weighted by Gasteiger charge is -2.17. The highest BCUT2D eigenvalue weighted by atomic mass is 35.5. The van der Waals surface area contributed by atoms with Crippen LogP contribution in [0.25, 0.3) is 0 Å². The summed E-state index contributed by atoms with van der Waals surface area (Å²) in [5.41, 5.74) is 0.367. The maximum absolute atomic E-state index is 13.6. The molecule has 0 spiro atoms. The number of nitrogens with one attached hydrogen (secondary N) is 1. The van der Waals surface area contributed by atoms with Crippen molar-refractivity contribution < 1.29 is 14.2 Å². The van der Waals surface area contributed by atoms with Crippen molar-refractivity contribution in [3.8, 4) is 0 Å². The lowest BCUT2D eigenvalue weighted by atomic mass is 10.1. The molecule has 1 aromatic carbocycles. The molecule has 16 heavy (non-hydrogen) atoms. The molecular formula is C11H15ClFNO2. The molecule has 1 rings (SSSR count). The van der Waals surface area contributed by atoms with Crippen molar-refractivity contribution in [3.05, 3.63) is 34.6 Å². The normalized spacial score (nSPS) is 12.8. The largest absolute Gasteiger partial charge is 0.394 e. The van der Waals surface area contributed by atoms with Gasteiger partial charge in [-0.25, -0.2) is 4.39 Å². The minimum absolute atomic E-state index is 0.0597. The smallest absolute Gasteiger partial charge is 0.146 e. The Bertz CT molecular complexity index is 336. The third-order valence-electron chi connectivity index (χ3n) is 2.24. The Morgan fingerprint density at radius 3 is 2.94 bits per heavy atom. The Morgan fingerprint density at radius 2 is 2.31 bits per heavy atom. The zero-order chi connectivity index (χ0) is 12.0. The first-order valence-corrected chi connectivity index (χ1v) is 5.35. The summed E-state index contributed by atoms with van der Waals surface area (Å²) >= 11 is 5.67. The molecule has 0 radical (unpaired) electrons. The molecule has 0 aliphatic heterocycles. The lowest BCUT2D eigenvalue weighted by molar-refractivity contribution is 0.183. The Balaban J connectivity index is 2.74. The molecule has 2 N–H and O–H groups in total. The fourth-order valence-electron chi connectivity index (χ4n) is 1.40. The molecule has 3 nitrogen and oxygen atoms in total. The Hall–Kier alpha value is -0.680. The Morgan fingerprint density at radius 1 is 1.56 bits per heavy atom. The maximum atomic E-state index is 13.6. The van der Waals surface area contributed by atoms with E-state index < -0.39 is 11.9 Å². The zero-order valence-electron chi connectivity index (χ0n) is 9.04. The summed E-state index contributed by atoms with van der Waals surface area (Å²) in [6.45, 7) is 0.841. The van der Waals surface area contributed by atoms with Gasteiger partial charge in [-0.05, 0) is 6.07 Å². The highest BCUT2D eigenvalue weighted by molar-refractivity contribution is 6.30. The van der Waals surface area contributed by atoms with Gasteiger partial charge in [0.05, 0.1) is 24.3 Å². The van der Waals surface area contributed by atoms with Crippen LogP contribution in [0.1, 0.15) is 11.6 Å². The van der Waals surface area contributed by atoms with E-state index in [0.29, 0.717) is 18.7 Å². The summed E-state index contributed by atoms with van der Waals surface area (Å²) in [5.74, 6) is -0.492. The minimum Gasteiger partial charge on any atom is -0.394 e. The fraction of sp³-hybridized carbons (Fsp3) is 0.455. The van der Waals surface area contributed by atoms with Crippen LogP contribution in [0.15, 0.2) is 18.2 Å². The summed E-state index contributed by atoms with van der Waals surface area (Å²) in [5, 5.41) is 12.2. The predicted octanol–water partition coefficient (Wildman–Crippen LogP) is 1.75. The van der Waals surface area contributed by atoms with Crippen molar-refractivity contribution >= 4 is 11.6 Å². The topological polar surface area (TPSA) is 41.5 Å². The maximum Gasteiger partial charge on any atom is 0.146 e. The summed E-state index contributed by atoms with van der Waals surface area (Å²) in [6, 6.07) is 4.27. The van der Waals surface area contributed by atoms with Crippen LogP contribution >= 0.6 is 11.6 Å². The van der Waals surface area contributed by atoms with Gasteiger partial charge in [-0.2, -0.15) is 0 Å². The third kappa shape index (κ3) is 3.42. The number of halogens is 2. The second-order valence-electron chi connectivity index (χ2n) is 3.33. The number of ether oxygens (including phenoxy) is 1. The molecule has 90 valence electrons. The molecule has 0 bridgehead atoms. The molecule has 1 atom stereocenters. The van der Waals surface area contributed by atoms with E-state index in [4.69, 9.17) is 16.3 Å². The number of methoxy groups -OCH3 is 1. The van der Waals surface area contributed by atoms with Gasteiger partial charge in [-0.3, -0.25) is 0 Å². The van der Waals surface area contributed by atoms with Crippen LogP contribution in [0.5, 0.6) is 0 Å². The van der Waals surface area contributed by atoms with Crippen LogP contribution in [0.3, 0.4) is 0 Å². The van der Waals surface area contributed by atoms with Crippen LogP contribution in [0.4, 0.5) is 4.39 Å². The number of aliphatic hydroxyl groups is 1. The Labute approximate surface area is 99.2 Å². The standard InChI is InChI=1S/C11H15ClFNO2/c1-16-6-5-14-10(7-15)8-3-2-4-9(12)11(8)13/h2-4,10,14-15H,5-7H2,1H3. The molecule has 1 unspecified atom stereocenters. The first kappa shape index (κ1) is 13.4. The van der Waals surface area contributed by atoms with Crippen molar-refractivity contribution in [3.63, 3.8) is 0 Å². The van der Waals surface area contributed by atoms with E-state index in [1.165, 1.54) is 6.07 Å². The zero-order valence-corrected chi connectivity index (χ0v) is 9.80. The molecule has 1 aromatic rings. The number of hydrogen-bond donors (Lipinski definition) is 2. The van der Waals surface area contributed by atoms with Gasteiger partial charge in [0.15, 0.2) is 0 Å². The van der Waals surface area contributed by atoms with E-state index in [-0.39, 0.29) is 11.6 Å². The molecule has 0 aromatic heterocycles. The van der Waals surface area contributed by atoms with Crippen molar-refractivity contribution in [2.24, 2.45) is 0 Å². The molecule has 0 aliphatic rings. The molecule has 0 fully saturated rings. The summed E-state index contributed by atoms with van der Waals surface area (Å²) in [4.78, 5) is 0. The quantitative estimate of drug-likeness (QED) is 0.753. The first-order chi connectivity index (χ1) is 7.70. The highest BCUT2D eigenvalue weighted by Crippen LogP contribution is 2.22. The van der Waals surface area contributed by atoms with E-state index in [2.05, 4.69) is 5.32 Å². The summed E-state index contributed by atoms with van der Waals surface area (Å²) in [6.07, 6.45) is 0. The van der Waals surface area contributed by atoms with Crippen molar-refractivity contribution in [1.82, 2.24) is 5.32 Å². The summed E-state index contributed by atoms with van der Waals surface area (Å²) < 4.78 is 18.5. The van der Waals surface area contributed by atoms with Crippen LogP contribution in [-0.2, 0) is 4.74 Å². The van der Waals surface area contributed by atoms with Gasteiger partial charge in [-0.1, -0.05) is 23.7 Å². The van der Waals surface area contributed by atoms with E-state index >= 15 is 0 Å². The average Bonchev–Trinajstić information content (AvgIpc) is 2.29. The van der Waals surface area contributed by atoms with Crippen molar-refractivity contribution in [2.45, 2.75) is 6.04 Å². The van der Waals surface area contributed by atoms with Gasteiger partial charge in [-0.15, -0.1) is 0 Å². The molecule has 5 heteroatoms. The number of rotatable bonds is 6. The lowest BCUT2D eigenvalue weighted by Crippen LogP contribution is -2.28. The molecule has 0 amide bonds. The van der Waals surface area contributed by atoms with Gasteiger partial charge in [0.2, 0.25) is 0 Å². The first-order valence-electron chi connectivity index (χ1n) is 4.97. The van der Waals surface area contributed by atoms with Gasteiger partial charge in [0.25, 0.3) is 0 Å². The molecule has 0 saturated carbocycles. The molecule has 0 heterocycles. The van der Waals surface area contributed by atoms with Crippen LogP contribution < -0.4 is 5.32 Å². The fourth-order valence-corrected chi connectivity index (χ4v) is 1.58. The number of hydrogen-bond acceptors (Lipinski definition) is 3. The Kier molecular flexibility index (Phi) is 5.69. The molecule has 0 aliphatic carbocycles. The van der Waals surface area contributed by atoms with Crippen molar-refractivity contribution in [2.75, 3.05) is 26.9 Å².